The largest absolute Gasteiger partial charge is 0.369 e. The number of carbonyl (C=O) groups is 1. The Morgan fingerprint density at radius 3 is 2.59 bits per heavy atom. The molecule has 1 fully saturated rings. The quantitative estimate of drug-likeness (QED) is 0.300. The lowest BCUT2D eigenvalue weighted by molar-refractivity contribution is -0.123. The summed E-state index contributed by atoms with van der Waals surface area (Å²) in [5.74, 6) is 0.699. The maximum atomic E-state index is 11.5. The molecule has 0 aromatic heterocycles. The Labute approximate surface area is 209 Å². The van der Waals surface area contributed by atoms with Gasteiger partial charge in [-0.15, -0.1) is 24.0 Å². The summed E-state index contributed by atoms with van der Waals surface area (Å²) in [4.78, 5) is 20.9. The second-order valence-corrected chi connectivity index (χ2v) is 8.31. The Kier molecular flexibility index (Phi) is 11.0. The number of benzene rings is 2. The van der Waals surface area contributed by atoms with E-state index >= 15 is 0 Å². The molecule has 1 heterocycles. The highest BCUT2D eigenvalue weighted by atomic mass is 127. The summed E-state index contributed by atoms with van der Waals surface area (Å²) in [6.45, 7) is 6.96. The van der Waals surface area contributed by atoms with Gasteiger partial charge in [0.1, 0.15) is 0 Å². The van der Waals surface area contributed by atoms with Gasteiger partial charge in [-0.3, -0.25) is 9.69 Å². The number of piperidine rings is 1. The summed E-state index contributed by atoms with van der Waals surface area (Å²) < 4.78 is 0. The Bertz CT molecular complexity index is 874. The van der Waals surface area contributed by atoms with Crippen molar-refractivity contribution in [3.8, 4) is 0 Å². The monoisotopic (exact) mass is 549 g/mol. The number of hydrogen-bond donors (Lipinski definition) is 2. The van der Waals surface area contributed by atoms with E-state index in [9.17, 15) is 4.79 Å². The zero-order valence-corrected chi connectivity index (χ0v) is 21.5. The Balaban J connectivity index is 0.00000363. The van der Waals surface area contributed by atoms with Gasteiger partial charge in [0.05, 0.1) is 12.5 Å². The van der Waals surface area contributed by atoms with E-state index in [1.54, 1.807) is 0 Å². The maximum Gasteiger partial charge on any atom is 0.221 e. The van der Waals surface area contributed by atoms with Crippen molar-refractivity contribution in [1.82, 2.24) is 15.1 Å². The first-order chi connectivity index (χ1) is 15.0. The van der Waals surface area contributed by atoms with E-state index in [0.29, 0.717) is 6.54 Å². The fourth-order valence-electron chi connectivity index (χ4n) is 4.08. The zero-order chi connectivity index (χ0) is 22.1. The minimum Gasteiger partial charge on any atom is -0.369 e. The molecule has 0 radical (unpaired) electrons. The van der Waals surface area contributed by atoms with Crippen LogP contribution in [0.1, 0.15) is 36.5 Å². The van der Waals surface area contributed by atoms with E-state index in [-0.39, 0.29) is 35.8 Å². The van der Waals surface area contributed by atoms with E-state index in [0.717, 1.165) is 51.5 Å². The summed E-state index contributed by atoms with van der Waals surface area (Å²) >= 11 is 0. The lowest BCUT2D eigenvalue weighted by atomic mass is 9.97. The predicted molar refractivity (Wildman–Crippen MR) is 142 cm³/mol. The van der Waals surface area contributed by atoms with Crippen LogP contribution in [-0.4, -0.2) is 48.3 Å². The van der Waals surface area contributed by atoms with Crippen molar-refractivity contribution in [3.05, 3.63) is 71.3 Å². The fourth-order valence-corrected chi connectivity index (χ4v) is 4.08. The normalized spacial score (nSPS) is 16.8. The summed E-state index contributed by atoms with van der Waals surface area (Å²) in [5, 5.41) is 3.39. The van der Waals surface area contributed by atoms with Gasteiger partial charge in [-0.1, -0.05) is 54.6 Å². The van der Waals surface area contributed by atoms with Crippen LogP contribution in [0.3, 0.4) is 0 Å². The summed E-state index contributed by atoms with van der Waals surface area (Å²) in [6, 6.07) is 19.0. The Morgan fingerprint density at radius 2 is 1.88 bits per heavy atom. The first-order valence-corrected chi connectivity index (χ1v) is 11.2. The van der Waals surface area contributed by atoms with Crippen LogP contribution in [0.4, 0.5) is 0 Å². The van der Waals surface area contributed by atoms with Crippen molar-refractivity contribution in [2.75, 3.05) is 26.7 Å². The third-order valence-corrected chi connectivity index (χ3v) is 5.68. The van der Waals surface area contributed by atoms with Crippen LogP contribution in [0.2, 0.25) is 0 Å². The van der Waals surface area contributed by atoms with Gasteiger partial charge in [0.15, 0.2) is 5.96 Å². The van der Waals surface area contributed by atoms with Gasteiger partial charge in [0.25, 0.3) is 0 Å². The van der Waals surface area contributed by atoms with E-state index in [1.165, 1.54) is 16.7 Å². The molecular weight excluding hydrogens is 513 g/mol. The molecule has 3 rings (SSSR count). The van der Waals surface area contributed by atoms with Crippen molar-refractivity contribution in [1.29, 1.82) is 0 Å². The molecule has 32 heavy (non-hydrogen) atoms. The third kappa shape index (κ3) is 8.09. The molecule has 0 bridgehead atoms. The molecule has 174 valence electrons. The van der Waals surface area contributed by atoms with Crippen molar-refractivity contribution < 1.29 is 4.79 Å². The smallest absolute Gasteiger partial charge is 0.221 e. The average Bonchev–Trinajstić information content (AvgIpc) is 2.77. The van der Waals surface area contributed by atoms with Gasteiger partial charge >= 0.3 is 0 Å². The molecule has 2 aromatic carbocycles. The fraction of sp³-hybridized carbons (Fsp3) is 0.440. The molecule has 1 aliphatic heterocycles. The van der Waals surface area contributed by atoms with Crippen LogP contribution >= 0.6 is 24.0 Å². The molecule has 3 N–H and O–H groups in total. The van der Waals surface area contributed by atoms with Crippen LogP contribution in [-0.2, 0) is 24.4 Å². The van der Waals surface area contributed by atoms with Crippen LogP contribution in [0, 0.1) is 5.92 Å². The number of rotatable bonds is 8. The van der Waals surface area contributed by atoms with Crippen molar-refractivity contribution in [2.24, 2.45) is 16.6 Å². The number of aliphatic imine (C=N–C) groups is 1. The number of primary amides is 1. The third-order valence-electron chi connectivity index (χ3n) is 5.68. The highest BCUT2D eigenvalue weighted by Crippen LogP contribution is 2.19. The van der Waals surface area contributed by atoms with E-state index in [1.807, 2.05) is 6.07 Å². The van der Waals surface area contributed by atoms with Crippen LogP contribution in [0.25, 0.3) is 0 Å². The number of likely N-dealkylation sites (tertiary alicyclic amines) is 1. The molecule has 1 saturated heterocycles. The molecule has 2 aromatic rings. The molecule has 1 unspecified atom stereocenters. The topological polar surface area (TPSA) is 74.0 Å². The first kappa shape index (κ1) is 26.1. The van der Waals surface area contributed by atoms with Crippen molar-refractivity contribution >= 4 is 35.8 Å². The summed E-state index contributed by atoms with van der Waals surface area (Å²) in [7, 11) is 2.07. The van der Waals surface area contributed by atoms with Crippen LogP contribution < -0.4 is 11.1 Å². The molecule has 0 aliphatic carbocycles. The SMILES string of the molecule is CCNC(=NCc1cccc(CN2CCCC(C(N)=O)C2)c1)N(C)Cc1ccccc1.I. The highest BCUT2D eigenvalue weighted by molar-refractivity contribution is 14.0. The molecular formula is C25H36IN5O. The second-order valence-electron chi connectivity index (χ2n) is 8.31. The van der Waals surface area contributed by atoms with Gasteiger partial charge < -0.3 is 16.0 Å². The van der Waals surface area contributed by atoms with Gasteiger partial charge in [-0.2, -0.15) is 0 Å². The standard InChI is InChI=1S/C25H35N5O.HI/c1-3-27-25(29(2)17-20-9-5-4-6-10-20)28-16-21-11-7-12-22(15-21)18-30-14-8-13-23(19-30)24(26)31;/h4-7,9-12,15,23H,3,8,13-14,16-19H2,1-2H3,(H2,26,31)(H,27,28);1H. The van der Waals surface area contributed by atoms with Crippen LogP contribution in [0.15, 0.2) is 59.6 Å². The number of nitrogens with one attached hydrogen (secondary N) is 1. The van der Waals surface area contributed by atoms with E-state index in [4.69, 9.17) is 10.7 Å². The maximum absolute atomic E-state index is 11.5. The summed E-state index contributed by atoms with van der Waals surface area (Å²) in [5.41, 5.74) is 9.21. The number of guanidine groups is 1. The minimum atomic E-state index is -0.177. The predicted octanol–water partition coefficient (Wildman–Crippen LogP) is 3.60. The number of nitrogens with zero attached hydrogens (tertiary/aromatic N) is 3. The lowest BCUT2D eigenvalue weighted by Crippen LogP contribution is -2.40. The number of halogens is 1. The van der Waals surface area contributed by atoms with Crippen molar-refractivity contribution in [2.45, 2.75) is 39.4 Å². The molecule has 0 saturated carbocycles. The molecule has 1 amide bonds. The number of amides is 1. The Morgan fingerprint density at radius 1 is 1.16 bits per heavy atom. The highest BCUT2D eigenvalue weighted by Gasteiger charge is 2.23. The molecule has 0 spiro atoms. The Hall–Kier alpha value is -2.13. The van der Waals surface area contributed by atoms with Gasteiger partial charge in [0, 0.05) is 33.2 Å². The van der Waals surface area contributed by atoms with Gasteiger partial charge in [0.2, 0.25) is 5.91 Å². The first-order valence-electron chi connectivity index (χ1n) is 11.2. The van der Waals surface area contributed by atoms with Gasteiger partial charge in [-0.25, -0.2) is 4.99 Å². The molecule has 1 atom stereocenters. The molecule has 7 heteroatoms. The molecule has 1 aliphatic rings. The summed E-state index contributed by atoms with van der Waals surface area (Å²) in [6.07, 6.45) is 1.93. The number of hydrogen-bond acceptors (Lipinski definition) is 3. The van der Waals surface area contributed by atoms with E-state index in [2.05, 4.69) is 77.6 Å². The number of carbonyl (C=O) groups excluding carboxylic acids is 1. The molecule has 6 nitrogen and oxygen atoms in total. The zero-order valence-electron chi connectivity index (χ0n) is 19.2. The lowest BCUT2D eigenvalue weighted by Gasteiger charge is -2.31. The van der Waals surface area contributed by atoms with Gasteiger partial charge in [-0.05, 0) is 43.0 Å². The van der Waals surface area contributed by atoms with Crippen LogP contribution in [0.5, 0.6) is 0 Å². The average molecular weight is 550 g/mol. The van der Waals surface area contributed by atoms with Crippen molar-refractivity contribution in [3.63, 3.8) is 0 Å². The number of nitrogens with two attached hydrogens (primary N) is 1. The van der Waals surface area contributed by atoms with E-state index < -0.39 is 0 Å². The minimum absolute atomic E-state index is 0. The second kappa shape index (κ2) is 13.4.